The van der Waals surface area contributed by atoms with Crippen molar-refractivity contribution in [3.63, 3.8) is 0 Å². The predicted octanol–water partition coefficient (Wildman–Crippen LogP) is 8.55. The highest BCUT2D eigenvalue weighted by Crippen LogP contribution is 2.72. The topological polar surface area (TPSA) is 330 Å². The normalized spacial score (nSPS) is 21.1. The van der Waals surface area contributed by atoms with Crippen molar-refractivity contribution in [2.75, 3.05) is 82.7 Å². The molecule has 3 aromatic carbocycles. The summed E-state index contributed by atoms with van der Waals surface area (Å²) in [5, 5.41) is 24.2. The lowest BCUT2D eigenvalue weighted by Crippen LogP contribution is -2.64. The summed E-state index contributed by atoms with van der Waals surface area (Å²) in [5.41, 5.74) is 4.62. The van der Waals surface area contributed by atoms with Crippen LogP contribution in [0.15, 0.2) is 91.1 Å². The molecule has 12 rings (SSSR count). The third-order valence-electron chi connectivity index (χ3n) is 19.3. The van der Waals surface area contributed by atoms with Gasteiger partial charge in [-0.25, -0.2) is 19.6 Å². The number of fused-ring (bicyclic) bond motifs is 2. The van der Waals surface area contributed by atoms with Gasteiger partial charge in [0.15, 0.2) is 10.8 Å². The Kier molecular flexibility index (Phi) is 21.4. The minimum absolute atomic E-state index is 0.0269. The maximum Gasteiger partial charge on any atom is 0.410 e. The van der Waals surface area contributed by atoms with E-state index in [1.807, 2.05) is 46.8 Å². The van der Waals surface area contributed by atoms with Gasteiger partial charge in [-0.05, 0) is 135 Å². The number of unbranched alkanes of at least 4 members (excludes halogenated alkanes) is 2. The zero-order chi connectivity index (χ0) is 69.6. The molecule has 2 unspecified atom stereocenters. The fraction of sp³-hybridized carbons (Fsp3) is 0.486. The number of benzene rings is 3. The van der Waals surface area contributed by atoms with Crippen LogP contribution in [0.3, 0.4) is 0 Å². The summed E-state index contributed by atoms with van der Waals surface area (Å²) in [7, 11) is -1.50. The molecule has 2 aliphatic heterocycles. The number of amides is 6. The van der Waals surface area contributed by atoms with Gasteiger partial charge in [0.05, 0.1) is 48.9 Å². The van der Waals surface area contributed by atoms with Gasteiger partial charge in [0.1, 0.15) is 35.7 Å². The molecule has 6 aliphatic rings. The lowest BCUT2D eigenvalue weighted by Gasteiger charge is -2.69. The Morgan fingerprint density at radius 1 is 0.806 bits per heavy atom. The number of thiazole rings is 1. The van der Waals surface area contributed by atoms with Crippen LogP contribution in [0.5, 0.6) is 11.5 Å². The number of para-hydroxylation sites is 2. The molecule has 0 saturated heterocycles. The summed E-state index contributed by atoms with van der Waals surface area (Å²) in [4.78, 5) is 105. The molecule has 0 spiro atoms. The Morgan fingerprint density at radius 2 is 1.55 bits per heavy atom. The molecule has 0 radical (unpaired) electrons. The van der Waals surface area contributed by atoms with Gasteiger partial charge in [-0.1, -0.05) is 61.9 Å². The molecule has 28 heteroatoms. The third kappa shape index (κ3) is 16.5. The van der Waals surface area contributed by atoms with Crippen LogP contribution in [0.1, 0.15) is 128 Å². The van der Waals surface area contributed by atoms with Crippen LogP contribution in [0.4, 0.5) is 15.7 Å². The summed E-state index contributed by atoms with van der Waals surface area (Å²) >= 11 is 1.40. The van der Waals surface area contributed by atoms with E-state index in [9.17, 15) is 51.6 Å². The Morgan fingerprint density at radius 3 is 2.29 bits per heavy atom. The van der Waals surface area contributed by atoms with Crippen LogP contribution in [0, 0.1) is 23.2 Å². The standard InChI is InChI=1S/C70H84N10O16S2/c1-45-50(48-20-22-57(75-61(48)64(86)87)78-28-25-47-51(35-78)49(19-21-55(47)93-5)62(84)76-65-74-52-15-9-11-17-56(52)97-65)34-72-80(45)44-69-39-67(2)38-68(3,40-69)42-70(41-67,43-69)96-33-30-77(29-32-92-4)66(88)95-36-46-14-8-10-16-54(46)94-31-13-26-71-63(85)53(37-98(89,90)91)73-58(81)18-7-6-12-27-79-59(82)23-24-60(79)83/h8-11,14-17,19-24,34,53H,6-7,12-13,18,25-33,35-44H2,1-5H3,(H,71,85)(H,73,81)(H,86,87)(H,74,76,84)(H,89,90,91)/t53-,67?,68?,69?,70?/m0/s1. The number of carbonyl (C=O) groups is 7. The second kappa shape index (κ2) is 29.7. The molecular weight excluding hydrogens is 1300 g/mol. The number of aromatic carboxylic acids is 1. The van der Waals surface area contributed by atoms with Crippen molar-refractivity contribution in [1.29, 1.82) is 0 Å². The van der Waals surface area contributed by atoms with Crippen molar-refractivity contribution < 1.29 is 75.3 Å². The van der Waals surface area contributed by atoms with Crippen LogP contribution in [-0.4, -0.2) is 173 Å². The molecule has 522 valence electrons. The van der Waals surface area contributed by atoms with Gasteiger partial charge < -0.3 is 49.2 Å². The van der Waals surface area contributed by atoms with Gasteiger partial charge in [0.2, 0.25) is 11.8 Å². The number of carboxylic acid groups (broad SMARTS) is 1. The first-order valence-corrected chi connectivity index (χ1v) is 35.5. The fourth-order valence-electron chi connectivity index (χ4n) is 16.2. The molecule has 5 N–H and O–H groups in total. The number of pyridine rings is 1. The van der Waals surface area contributed by atoms with Gasteiger partial charge in [0.25, 0.3) is 27.8 Å². The number of anilines is 2. The summed E-state index contributed by atoms with van der Waals surface area (Å²) in [6, 6.07) is 20.3. The largest absolute Gasteiger partial charge is 0.496 e. The summed E-state index contributed by atoms with van der Waals surface area (Å²) in [6.45, 7) is 9.26. The van der Waals surface area contributed by atoms with Gasteiger partial charge in [-0.2, -0.15) is 13.5 Å². The van der Waals surface area contributed by atoms with Crippen LogP contribution >= 0.6 is 11.3 Å². The average molecular weight is 1390 g/mol. The summed E-state index contributed by atoms with van der Waals surface area (Å²) < 4.78 is 66.4. The van der Waals surface area contributed by atoms with Crippen molar-refractivity contribution in [3.05, 3.63) is 125 Å². The number of aromatic nitrogens is 4. The minimum atomic E-state index is -4.66. The van der Waals surface area contributed by atoms with Crippen molar-refractivity contribution in [2.45, 2.75) is 129 Å². The average Bonchev–Trinajstić information content (AvgIpc) is 0.928. The lowest BCUT2D eigenvalue weighted by molar-refractivity contribution is -0.248. The molecule has 4 saturated carbocycles. The minimum Gasteiger partial charge on any atom is -0.496 e. The number of nitrogens with one attached hydrogen (secondary N) is 3. The Labute approximate surface area is 572 Å². The van der Waals surface area contributed by atoms with Crippen LogP contribution in [-0.2, 0) is 69.6 Å². The van der Waals surface area contributed by atoms with Gasteiger partial charge >= 0.3 is 12.1 Å². The number of methoxy groups -OCH3 is 2. The number of carbonyl (C=O) groups excluding carboxylic acids is 6. The van der Waals surface area contributed by atoms with E-state index in [1.165, 1.54) is 23.5 Å². The lowest BCUT2D eigenvalue weighted by atomic mass is 9.39. The SMILES string of the molecule is COCCN(CCOC12CC3(C)CC(C)(CC(Cn4ncc(-c5ccc(N6CCc7c(OC)ccc(C(=O)Nc8nc9ccccc9s8)c7C6)nc5C(=O)O)c4C)(C3)C1)C2)C(=O)OCc1ccccc1OCCCNC(=O)[C@H](CS(=O)(=O)O)NC(=O)CCCCCN1C(=O)C=CC1=O. The maximum atomic E-state index is 14.0. The Bertz CT molecular complexity index is 4100. The van der Waals surface area contributed by atoms with Gasteiger partial charge in [-0.15, -0.1) is 0 Å². The third-order valence-corrected chi connectivity index (χ3v) is 21.0. The Hall–Kier alpha value is -8.83. The molecule has 4 aliphatic carbocycles. The first-order chi connectivity index (χ1) is 46.9. The van der Waals surface area contributed by atoms with Gasteiger partial charge in [0, 0.05) is 105 Å². The number of rotatable bonds is 32. The van der Waals surface area contributed by atoms with E-state index in [0.29, 0.717) is 83.5 Å². The highest BCUT2D eigenvalue weighted by molar-refractivity contribution is 7.85. The monoisotopic (exact) mass is 1380 g/mol. The number of hydrogen-bond donors (Lipinski definition) is 5. The molecular formula is C70H84N10O16S2. The van der Waals surface area contributed by atoms with E-state index in [4.69, 9.17) is 33.8 Å². The quantitative estimate of drug-likeness (QED) is 0.0150. The molecule has 6 aromatic rings. The zero-order valence-corrected chi connectivity index (χ0v) is 57.4. The number of carboxylic acids is 1. The van der Waals surface area contributed by atoms with Crippen molar-refractivity contribution in [2.24, 2.45) is 16.2 Å². The highest BCUT2D eigenvalue weighted by atomic mass is 32.2. The first kappa shape index (κ1) is 70.5. The van der Waals surface area contributed by atoms with Crippen molar-refractivity contribution in [1.82, 2.24) is 40.2 Å². The van der Waals surface area contributed by atoms with E-state index >= 15 is 0 Å². The van der Waals surface area contributed by atoms with Crippen molar-refractivity contribution >= 4 is 84.2 Å². The maximum absolute atomic E-state index is 14.0. The Balaban J connectivity index is 0.681. The second-order valence-electron chi connectivity index (χ2n) is 27.2. The first-order valence-electron chi connectivity index (χ1n) is 33.0. The molecule has 5 heterocycles. The van der Waals surface area contributed by atoms with Gasteiger partial charge in [-0.3, -0.25) is 43.4 Å². The number of ether oxygens (including phenoxy) is 5. The molecule has 3 atom stereocenters. The highest BCUT2D eigenvalue weighted by Gasteiger charge is 2.66. The van der Waals surface area contributed by atoms with E-state index in [-0.39, 0.29) is 99.8 Å². The second-order valence-corrected chi connectivity index (χ2v) is 29.8. The molecule has 3 aromatic heterocycles. The number of nitrogens with zero attached hydrogens (tertiary/aromatic N) is 7. The predicted molar refractivity (Wildman–Crippen MR) is 363 cm³/mol. The number of imide groups is 1. The van der Waals surface area contributed by atoms with Crippen molar-refractivity contribution in [3.8, 4) is 22.6 Å². The molecule has 98 heavy (non-hydrogen) atoms. The summed E-state index contributed by atoms with van der Waals surface area (Å²) in [5.74, 6) is -3.20. The molecule has 4 fully saturated rings. The van der Waals surface area contributed by atoms with Crippen LogP contribution < -0.4 is 30.3 Å². The fourth-order valence-corrected chi connectivity index (χ4v) is 17.7. The number of hydrogen-bond acceptors (Lipinski definition) is 19. The molecule has 26 nitrogen and oxygen atoms in total. The van der Waals surface area contributed by atoms with E-state index in [2.05, 4.69) is 34.8 Å². The van der Waals surface area contributed by atoms with E-state index in [1.54, 1.807) is 67.8 Å². The van der Waals surface area contributed by atoms with Crippen LogP contribution in [0.2, 0.25) is 0 Å². The van der Waals surface area contributed by atoms with Crippen LogP contribution in [0.25, 0.3) is 21.3 Å². The smallest absolute Gasteiger partial charge is 0.410 e. The summed E-state index contributed by atoms with van der Waals surface area (Å²) in [6.07, 6.45) is 11.1. The molecule has 6 amide bonds. The van der Waals surface area contributed by atoms with E-state index < -0.39 is 63.2 Å². The zero-order valence-electron chi connectivity index (χ0n) is 55.8. The molecule has 4 bridgehead atoms. The van der Waals surface area contributed by atoms with E-state index in [0.717, 1.165) is 70.5 Å².